The fourth-order valence-electron chi connectivity index (χ4n) is 5.16. The van der Waals surface area contributed by atoms with Crippen LogP contribution < -0.4 is 0 Å². The summed E-state index contributed by atoms with van der Waals surface area (Å²) in [6.45, 7) is 3.38. The Morgan fingerprint density at radius 3 is 2.70 bits per heavy atom. The average Bonchev–Trinajstić information content (AvgIpc) is 3.23. The van der Waals surface area contributed by atoms with Crippen molar-refractivity contribution in [1.82, 2.24) is 19.2 Å². The first-order valence-electron chi connectivity index (χ1n) is 11.9. The van der Waals surface area contributed by atoms with Crippen molar-refractivity contribution in [2.24, 2.45) is 5.92 Å². The Balaban J connectivity index is 1.08. The number of rotatable bonds is 6. The molecule has 9 nitrogen and oxygen atoms in total. The van der Waals surface area contributed by atoms with Gasteiger partial charge in [0, 0.05) is 57.2 Å². The third kappa shape index (κ3) is 4.74. The number of sulfonamides is 1. The standard InChI is InChI=1S/C23H32N4O5S/c28-23(32-13-7-17-5-11-31-12-6-17)26-15-19(16-26)33(29,30)27-9-3-18(4-10-27)21-14-25-22-20(21)2-1-8-24-22/h1-2,8,14,17-19H,3-7,9-13,15-16H2,(H,24,25). The summed E-state index contributed by atoms with van der Waals surface area (Å²) in [4.78, 5) is 21.3. The lowest BCUT2D eigenvalue weighted by atomic mass is 9.90. The van der Waals surface area contributed by atoms with Crippen LogP contribution in [0.15, 0.2) is 24.5 Å². The van der Waals surface area contributed by atoms with Crippen LogP contribution in [0.4, 0.5) is 4.79 Å². The van der Waals surface area contributed by atoms with E-state index in [1.807, 2.05) is 12.3 Å². The van der Waals surface area contributed by atoms with Gasteiger partial charge in [-0.25, -0.2) is 22.5 Å². The second-order valence-electron chi connectivity index (χ2n) is 9.35. The van der Waals surface area contributed by atoms with Gasteiger partial charge in [0.1, 0.15) is 10.9 Å². The van der Waals surface area contributed by atoms with Crippen molar-refractivity contribution in [3.63, 3.8) is 0 Å². The minimum absolute atomic E-state index is 0.215. The quantitative estimate of drug-likeness (QED) is 0.687. The highest BCUT2D eigenvalue weighted by Gasteiger charge is 2.44. The first kappa shape index (κ1) is 22.6. The number of carbonyl (C=O) groups is 1. The zero-order valence-electron chi connectivity index (χ0n) is 18.8. The molecule has 33 heavy (non-hydrogen) atoms. The van der Waals surface area contributed by atoms with Gasteiger partial charge >= 0.3 is 6.09 Å². The third-order valence-electron chi connectivity index (χ3n) is 7.36. The Labute approximate surface area is 194 Å². The molecular formula is C23H32N4O5S. The van der Waals surface area contributed by atoms with E-state index in [0.717, 1.165) is 56.4 Å². The van der Waals surface area contributed by atoms with Crippen LogP contribution >= 0.6 is 0 Å². The molecule has 0 aliphatic carbocycles. The number of aromatic amines is 1. The number of hydrogen-bond acceptors (Lipinski definition) is 6. The van der Waals surface area contributed by atoms with Gasteiger partial charge in [-0.15, -0.1) is 0 Å². The summed E-state index contributed by atoms with van der Waals surface area (Å²) < 4.78 is 38.5. The molecular weight excluding hydrogens is 444 g/mol. The molecule has 3 aliphatic rings. The number of pyridine rings is 1. The number of piperidine rings is 1. The van der Waals surface area contributed by atoms with Gasteiger partial charge in [-0.05, 0) is 61.6 Å². The van der Waals surface area contributed by atoms with Gasteiger partial charge in [0.2, 0.25) is 10.0 Å². The number of ether oxygens (including phenoxy) is 2. The van der Waals surface area contributed by atoms with Gasteiger partial charge in [-0.3, -0.25) is 0 Å². The molecule has 5 heterocycles. The normalized spacial score (nSPS) is 21.9. The summed E-state index contributed by atoms with van der Waals surface area (Å²) in [6, 6.07) is 3.99. The number of nitrogens with zero attached hydrogens (tertiary/aromatic N) is 3. The van der Waals surface area contributed by atoms with E-state index in [0.29, 0.717) is 31.5 Å². The lowest BCUT2D eigenvalue weighted by molar-refractivity contribution is 0.0464. The van der Waals surface area contributed by atoms with Crippen molar-refractivity contribution in [1.29, 1.82) is 0 Å². The van der Waals surface area contributed by atoms with E-state index < -0.39 is 21.4 Å². The minimum Gasteiger partial charge on any atom is -0.449 e. The SMILES string of the molecule is O=C(OCCC1CCOCC1)N1CC(S(=O)(=O)N2CCC(c3c[nH]c4ncccc34)CC2)C1. The van der Waals surface area contributed by atoms with Gasteiger partial charge in [-0.2, -0.15) is 0 Å². The number of amides is 1. The van der Waals surface area contributed by atoms with Crippen LogP contribution in [-0.2, 0) is 19.5 Å². The second kappa shape index (κ2) is 9.60. The number of aromatic nitrogens is 2. The lowest BCUT2D eigenvalue weighted by Gasteiger charge is -2.41. The highest BCUT2D eigenvalue weighted by Crippen LogP contribution is 2.34. The van der Waals surface area contributed by atoms with Crippen LogP contribution in [0.5, 0.6) is 0 Å². The van der Waals surface area contributed by atoms with Crippen molar-refractivity contribution >= 4 is 27.1 Å². The molecule has 180 valence electrons. The monoisotopic (exact) mass is 476 g/mol. The Morgan fingerprint density at radius 2 is 1.94 bits per heavy atom. The topological polar surface area (TPSA) is 105 Å². The zero-order chi connectivity index (χ0) is 22.8. The molecule has 0 spiro atoms. The van der Waals surface area contributed by atoms with Crippen LogP contribution in [0.3, 0.4) is 0 Å². The molecule has 0 bridgehead atoms. The van der Waals surface area contributed by atoms with Crippen LogP contribution in [0, 0.1) is 5.92 Å². The molecule has 3 fully saturated rings. The molecule has 3 saturated heterocycles. The maximum atomic E-state index is 13.1. The summed E-state index contributed by atoms with van der Waals surface area (Å²) in [5.41, 5.74) is 2.09. The molecule has 1 amide bonds. The van der Waals surface area contributed by atoms with Crippen LogP contribution in [0.2, 0.25) is 0 Å². The van der Waals surface area contributed by atoms with E-state index in [9.17, 15) is 13.2 Å². The predicted octanol–water partition coefficient (Wildman–Crippen LogP) is 2.71. The number of likely N-dealkylation sites (tertiary alicyclic amines) is 1. The van der Waals surface area contributed by atoms with Gasteiger partial charge < -0.3 is 19.4 Å². The molecule has 2 aromatic rings. The molecule has 3 aliphatic heterocycles. The molecule has 0 aromatic carbocycles. The molecule has 5 rings (SSSR count). The van der Waals surface area contributed by atoms with Crippen LogP contribution in [0.1, 0.15) is 43.6 Å². The van der Waals surface area contributed by atoms with E-state index in [4.69, 9.17) is 9.47 Å². The van der Waals surface area contributed by atoms with Crippen molar-refractivity contribution < 1.29 is 22.7 Å². The second-order valence-corrected chi connectivity index (χ2v) is 11.6. The average molecular weight is 477 g/mol. The van der Waals surface area contributed by atoms with Gasteiger partial charge in [0.25, 0.3) is 0 Å². The molecule has 10 heteroatoms. The van der Waals surface area contributed by atoms with E-state index in [1.165, 1.54) is 10.5 Å². The summed E-state index contributed by atoms with van der Waals surface area (Å²) in [7, 11) is -3.41. The fourth-order valence-corrected chi connectivity index (χ4v) is 7.04. The highest BCUT2D eigenvalue weighted by atomic mass is 32.2. The molecule has 0 unspecified atom stereocenters. The maximum Gasteiger partial charge on any atom is 0.409 e. The van der Waals surface area contributed by atoms with E-state index in [1.54, 1.807) is 10.5 Å². The summed E-state index contributed by atoms with van der Waals surface area (Å²) in [5.74, 6) is 0.859. The number of fused-ring (bicyclic) bond motifs is 1. The largest absolute Gasteiger partial charge is 0.449 e. The van der Waals surface area contributed by atoms with Gasteiger partial charge in [-0.1, -0.05) is 0 Å². The zero-order valence-corrected chi connectivity index (χ0v) is 19.6. The fraction of sp³-hybridized carbons (Fsp3) is 0.652. The summed E-state index contributed by atoms with van der Waals surface area (Å²) in [6.07, 6.45) is 7.79. The number of H-pyrrole nitrogens is 1. The predicted molar refractivity (Wildman–Crippen MR) is 123 cm³/mol. The van der Waals surface area contributed by atoms with E-state index in [2.05, 4.69) is 16.0 Å². The van der Waals surface area contributed by atoms with Gasteiger partial charge in [0.15, 0.2) is 0 Å². The minimum atomic E-state index is -3.41. The third-order valence-corrected chi connectivity index (χ3v) is 9.58. The van der Waals surface area contributed by atoms with E-state index in [-0.39, 0.29) is 13.1 Å². The molecule has 1 N–H and O–H groups in total. The first-order chi connectivity index (χ1) is 16.0. The van der Waals surface area contributed by atoms with Crippen LogP contribution in [0.25, 0.3) is 11.0 Å². The van der Waals surface area contributed by atoms with E-state index >= 15 is 0 Å². The summed E-state index contributed by atoms with van der Waals surface area (Å²) >= 11 is 0. The smallest absolute Gasteiger partial charge is 0.409 e. The number of nitrogens with one attached hydrogen (secondary N) is 1. The van der Waals surface area contributed by atoms with Crippen molar-refractivity contribution in [3.05, 3.63) is 30.1 Å². The summed E-state index contributed by atoms with van der Waals surface area (Å²) in [5, 5.41) is 0.582. The number of carbonyl (C=O) groups excluding carboxylic acids is 1. The Bertz CT molecular complexity index is 1070. The Kier molecular flexibility index (Phi) is 6.58. The molecule has 0 radical (unpaired) electrons. The Morgan fingerprint density at radius 1 is 1.18 bits per heavy atom. The van der Waals surface area contributed by atoms with Crippen molar-refractivity contribution in [3.8, 4) is 0 Å². The number of hydrogen-bond donors (Lipinski definition) is 1. The molecule has 0 atom stereocenters. The highest BCUT2D eigenvalue weighted by molar-refractivity contribution is 7.89. The van der Waals surface area contributed by atoms with Crippen molar-refractivity contribution in [2.45, 2.75) is 43.3 Å². The lowest BCUT2D eigenvalue weighted by Crippen LogP contribution is -2.60. The van der Waals surface area contributed by atoms with Crippen molar-refractivity contribution in [2.75, 3.05) is 46.0 Å². The molecule has 0 saturated carbocycles. The first-order valence-corrected chi connectivity index (χ1v) is 13.4. The van der Waals surface area contributed by atoms with Crippen LogP contribution in [-0.4, -0.2) is 84.9 Å². The molecule has 2 aromatic heterocycles. The Hall–Kier alpha value is -2.17. The maximum absolute atomic E-state index is 13.1. The van der Waals surface area contributed by atoms with Gasteiger partial charge in [0.05, 0.1) is 6.61 Å².